The van der Waals surface area contributed by atoms with Gasteiger partial charge >= 0.3 is 0 Å². The van der Waals surface area contributed by atoms with E-state index in [9.17, 15) is 0 Å². The molecule has 0 unspecified atom stereocenters. The van der Waals surface area contributed by atoms with Crippen molar-refractivity contribution in [3.8, 4) is 0 Å². The molecule has 0 saturated heterocycles. The standard InChI is InChI=1S/C9H15N/c1-7(2)10-5-8(3)9(4)6-10/h5-7H,1-4H3. The van der Waals surface area contributed by atoms with Crippen molar-refractivity contribution in [2.75, 3.05) is 0 Å². The minimum atomic E-state index is 0.590. The molecule has 56 valence electrons. The molecule has 10 heavy (non-hydrogen) atoms. The molecule has 0 radical (unpaired) electrons. The molecule has 1 nitrogen and oxygen atoms in total. The maximum Gasteiger partial charge on any atom is 0.0274 e. The zero-order valence-corrected chi connectivity index (χ0v) is 7.18. The van der Waals surface area contributed by atoms with E-state index >= 15 is 0 Å². The van der Waals surface area contributed by atoms with E-state index in [1.54, 1.807) is 0 Å². The first-order valence-electron chi connectivity index (χ1n) is 3.76. The Hall–Kier alpha value is -0.720. The largest absolute Gasteiger partial charge is 0.351 e. The normalized spacial score (nSPS) is 10.9. The van der Waals surface area contributed by atoms with E-state index in [2.05, 4.69) is 44.7 Å². The topological polar surface area (TPSA) is 4.93 Å². The average molecular weight is 137 g/mol. The molecule has 1 rings (SSSR count). The highest BCUT2D eigenvalue weighted by molar-refractivity contribution is 5.20. The van der Waals surface area contributed by atoms with E-state index in [-0.39, 0.29) is 0 Å². The lowest BCUT2D eigenvalue weighted by Crippen LogP contribution is -1.95. The average Bonchev–Trinajstić information content (AvgIpc) is 2.13. The highest BCUT2D eigenvalue weighted by Crippen LogP contribution is 2.12. The Morgan fingerprint density at radius 3 is 1.70 bits per heavy atom. The molecule has 0 aliphatic heterocycles. The van der Waals surface area contributed by atoms with Gasteiger partial charge in [-0.15, -0.1) is 0 Å². The van der Waals surface area contributed by atoms with Gasteiger partial charge in [0.2, 0.25) is 0 Å². The molecule has 1 heterocycles. The summed E-state index contributed by atoms with van der Waals surface area (Å²) in [5.74, 6) is 0. The lowest BCUT2D eigenvalue weighted by molar-refractivity contribution is 0.602. The van der Waals surface area contributed by atoms with Gasteiger partial charge in [0.05, 0.1) is 0 Å². The van der Waals surface area contributed by atoms with Crippen LogP contribution in [0.4, 0.5) is 0 Å². The molecule has 0 atom stereocenters. The third-order valence-electron chi connectivity index (χ3n) is 1.90. The molecule has 0 N–H and O–H groups in total. The lowest BCUT2D eigenvalue weighted by Gasteiger charge is -2.04. The predicted octanol–water partition coefficient (Wildman–Crippen LogP) is 2.69. The number of nitrogens with zero attached hydrogens (tertiary/aromatic N) is 1. The van der Waals surface area contributed by atoms with Gasteiger partial charge in [-0.1, -0.05) is 0 Å². The number of hydrogen-bond donors (Lipinski definition) is 0. The molecule has 0 fully saturated rings. The Kier molecular flexibility index (Phi) is 1.84. The molecule has 0 aliphatic carbocycles. The van der Waals surface area contributed by atoms with E-state index in [1.807, 2.05) is 0 Å². The smallest absolute Gasteiger partial charge is 0.0274 e. The fourth-order valence-corrected chi connectivity index (χ4v) is 0.986. The summed E-state index contributed by atoms with van der Waals surface area (Å²) in [5, 5.41) is 0. The van der Waals surface area contributed by atoms with Gasteiger partial charge in [-0.2, -0.15) is 0 Å². The first-order chi connectivity index (χ1) is 4.61. The van der Waals surface area contributed by atoms with Gasteiger partial charge < -0.3 is 4.57 Å². The summed E-state index contributed by atoms with van der Waals surface area (Å²) in [5.41, 5.74) is 2.77. The zero-order chi connectivity index (χ0) is 7.72. The molecule has 1 aromatic rings. The van der Waals surface area contributed by atoms with Gasteiger partial charge in [0.25, 0.3) is 0 Å². The Morgan fingerprint density at radius 1 is 1.10 bits per heavy atom. The van der Waals surface area contributed by atoms with Gasteiger partial charge in [0.1, 0.15) is 0 Å². The molecule has 1 heteroatoms. The monoisotopic (exact) mass is 137 g/mol. The minimum absolute atomic E-state index is 0.590. The Labute approximate surface area is 62.7 Å². The van der Waals surface area contributed by atoms with Crippen molar-refractivity contribution >= 4 is 0 Å². The molecule has 0 aliphatic rings. The molecule has 0 bridgehead atoms. The van der Waals surface area contributed by atoms with Crippen LogP contribution in [0.5, 0.6) is 0 Å². The molecular formula is C9H15N. The highest BCUT2D eigenvalue weighted by atomic mass is 15.0. The van der Waals surface area contributed by atoms with Crippen LogP contribution in [0, 0.1) is 13.8 Å². The first kappa shape index (κ1) is 7.39. The van der Waals surface area contributed by atoms with Crippen molar-refractivity contribution in [3.63, 3.8) is 0 Å². The third-order valence-corrected chi connectivity index (χ3v) is 1.90. The van der Waals surface area contributed by atoms with Gasteiger partial charge in [-0.05, 0) is 38.8 Å². The second-order valence-corrected chi connectivity index (χ2v) is 3.17. The van der Waals surface area contributed by atoms with Crippen LogP contribution in [0.1, 0.15) is 31.0 Å². The van der Waals surface area contributed by atoms with Gasteiger partial charge in [-0.25, -0.2) is 0 Å². The van der Waals surface area contributed by atoms with E-state index < -0.39 is 0 Å². The van der Waals surface area contributed by atoms with Gasteiger partial charge in [0.15, 0.2) is 0 Å². The number of aryl methyl sites for hydroxylation is 2. The number of rotatable bonds is 1. The van der Waals surface area contributed by atoms with Crippen LogP contribution in [0.2, 0.25) is 0 Å². The Morgan fingerprint density at radius 2 is 1.50 bits per heavy atom. The summed E-state index contributed by atoms with van der Waals surface area (Å²) in [7, 11) is 0. The molecular weight excluding hydrogens is 122 g/mol. The van der Waals surface area contributed by atoms with Crippen LogP contribution >= 0.6 is 0 Å². The van der Waals surface area contributed by atoms with Crippen LogP contribution in [-0.4, -0.2) is 4.57 Å². The summed E-state index contributed by atoms with van der Waals surface area (Å²) in [6.07, 6.45) is 4.39. The zero-order valence-electron chi connectivity index (χ0n) is 7.18. The van der Waals surface area contributed by atoms with Crippen LogP contribution in [0.3, 0.4) is 0 Å². The van der Waals surface area contributed by atoms with Crippen molar-refractivity contribution in [1.29, 1.82) is 0 Å². The van der Waals surface area contributed by atoms with Crippen molar-refractivity contribution < 1.29 is 0 Å². The summed E-state index contributed by atoms with van der Waals surface area (Å²) in [6, 6.07) is 0.590. The second-order valence-electron chi connectivity index (χ2n) is 3.17. The Balaban J connectivity index is 2.98. The maximum atomic E-state index is 2.24. The molecule has 0 spiro atoms. The molecule has 1 aromatic heterocycles. The van der Waals surface area contributed by atoms with Crippen LogP contribution in [0.15, 0.2) is 12.4 Å². The quantitative estimate of drug-likeness (QED) is 0.561. The summed E-state index contributed by atoms with van der Waals surface area (Å²) in [6.45, 7) is 8.68. The second kappa shape index (κ2) is 2.49. The Bertz CT molecular complexity index is 201. The maximum absolute atomic E-state index is 2.24. The number of hydrogen-bond acceptors (Lipinski definition) is 0. The van der Waals surface area contributed by atoms with Gasteiger partial charge in [0, 0.05) is 18.4 Å². The number of aromatic nitrogens is 1. The highest BCUT2D eigenvalue weighted by Gasteiger charge is 1.99. The van der Waals surface area contributed by atoms with Crippen LogP contribution in [0.25, 0.3) is 0 Å². The fraction of sp³-hybridized carbons (Fsp3) is 0.556. The van der Waals surface area contributed by atoms with Crippen LogP contribution < -0.4 is 0 Å². The molecule has 0 saturated carbocycles. The summed E-state index contributed by atoms with van der Waals surface area (Å²) in [4.78, 5) is 0. The van der Waals surface area contributed by atoms with Crippen LogP contribution in [-0.2, 0) is 0 Å². The van der Waals surface area contributed by atoms with E-state index in [0.717, 1.165) is 0 Å². The van der Waals surface area contributed by atoms with Crippen molar-refractivity contribution in [2.45, 2.75) is 33.7 Å². The first-order valence-corrected chi connectivity index (χ1v) is 3.76. The summed E-state index contributed by atoms with van der Waals surface area (Å²) < 4.78 is 2.24. The predicted molar refractivity (Wildman–Crippen MR) is 44.3 cm³/mol. The van der Waals surface area contributed by atoms with Gasteiger partial charge in [-0.3, -0.25) is 0 Å². The SMILES string of the molecule is Cc1cn(C(C)C)cc1C. The van der Waals surface area contributed by atoms with Crippen molar-refractivity contribution in [3.05, 3.63) is 23.5 Å². The third kappa shape index (κ3) is 1.23. The van der Waals surface area contributed by atoms with E-state index in [4.69, 9.17) is 0 Å². The lowest BCUT2D eigenvalue weighted by atomic mass is 10.2. The molecule has 0 aromatic carbocycles. The van der Waals surface area contributed by atoms with E-state index in [1.165, 1.54) is 11.1 Å². The van der Waals surface area contributed by atoms with Crippen molar-refractivity contribution in [1.82, 2.24) is 4.57 Å². The fourth-order valence-electron chi connectivity index (χ4n) is 0.986. The van der Waals surface area contributed by atoms with Crippen molar-refractivity contribution in [2.24, 2.45) is 0 Å². The minimum Gasteiger partial charge on any atom is -0.351 e. The molecule has 0 amide bonds. The van der Waals surface area contributed by atoms with E-state index in [0.29, 0.717) is 6.04 Å². The summed E-state index contributed by atoms with van der Waals surface area (Å²) >= 11 is 0.